The number of nitrogens with one attached hydrogen (secondary N) is 1. The lowest BCUT2D eigenvalue weighted by Crippen LogP contribution is -2.22. The zero-order valence-electron chi connectivity index (χ0n) is 9.97. The summed E-state index contributed by atoms with van der Waals surface area (Å²) in [6.45, 7) is 2.62. The van der Waals surface area contributed by atoms with Gasteiger partial charge in [-0.05, 0) is 12.1 Å². The Morgan fingerprint density at radius 1 is 1.35 bits per heavy atom. The molecule has 1 saturated heterocycles. The second kappa shape index (κ2) is 6.52. The third-order valence-electron chi connectivity index (χ3n) is 2.18. The molecule has 0 unspecified atom stereocenters. The maximum absolute atomic E-state index is 11.1. The van der Waals surface area contributed by atoms with Crippen molar-refractivity contribution >= 4 is 17.7 Å². The molecular weight excluding hydrogens is 220 g/mol. The minimum atomic E-state index is -0.249. The summed E-state index contributed by atoms with van der Waals surface area (Å²) in [6, 6.07) is 9.52. The zero-order valence-corrected chi connectivity index (χ0v) is 9.97. The van der Waals surface area contributed by atoms with E-state index >= 15 is 0 Å². The van der Waals surface area contributed by atoms with Gasteiger partial charge in [-0.3, -0.25) is 9.69 Å². The molecule has 5 heteroatoms. The van der Waals surface area contributed by atoms with Crippen molar-refractivity contribution < 1.29 is 14.3 Å². The molecule has 1 aliphatic rings. The minimum absolute atomic E-state index is 0.00463. The average Bonchev–Trinajstić information content (AvgIpc) is 2.77. The van der Waals surface area contributed by atoms with Gasteiger partial charge in [0.2, 0.25) is 5.91 Å². The number of carbonyl (C=O) groups excluding carboxylic acids is 2. The first-order valence-electron chi connectivity index (χ1n) is 5.33. The number of hydrogen-bond acceptors (Lipinski definition) is 3. The molecule has 0 aromatic heterocycles. The fourth-order valence-corrected chi connectivity index (χ4v) is 1.24. The van der Waals surface area contributed by atoms with E-state index in [1.165, 1.54) is 6.92 Å². The lowest BCUT2D eigenvalue weighted by molar-refractivity contribution is -0.118. The van der Waals surface area contributed by atoms with Crippen LogP contribution in [-0.4, -0.2) is 32.2 Å². The van der Waals surface area contributed by atoms with Gasteiger partial charge in [-0.2, -0.15) is 0 Å². The topological polar surface area (TPSA) is 58.6 Å². The monoisotopic (exact) mass is 236 g/mol. The molecule has 0 spiro atoms. The number of amides is 2. The number of carbonyl (C=O) groups is 2. The van der Waals surface area contributed by atoms with E-state index < -0.39 is 0 Å². The van der Waals surface area contributed by atoms with Crippen molar-refractivity contribution in [3.8, 4) is 0 Å². The molecule has 1 heterocycles. The van der Waals surface area contributed by atoms with Crippen LogP contribution in [-0.2, 0) is 9.53 Å². The molecule has 2 rings (SSSR count). The van der Waals surface area contributed by atoms with E-state index in [9.17, 15) is 9.59 Å². The van der Waals surface area contributed by atoms with Crippen molar-refractivity contribution in [3.63, 3.8) is 0 Å². The van der Waals surface area contributed by atoms with Gasteiger partial charge in [0.1, 0.15) is 6.61 Å². The summed E-state index contributed by atoms with van der Waals surface area (Å²) in [5.74, 6) is 0.00463. The molecule has 5 nitrogen and oxygen atoms in total. The van der Waals surface area contributed by atoms with Crippen LogP contribution < -0.4 is 10.2 Å². The predicted molar refractivity (Wildman–Crippen MR) is 64.9 cm³/mol. The molecule has 1 aliphatic heterocycles. The van der Waals surface area contributed by atoms with E-state index in [-0.39, 0.29) is 12.0 Å². The Bertz CT molecular complexity index is 379. The molecular formula is C12H16N2O3. The van der Waals surface area contributed by atoms with Crippen LogP contribution in [0.15, 0.2) is 30.3 Å². The first kappa shape index (κ1) is 13.0. The van der Waals surface area contributed by atoms with E-state index in [0.29, 0.717) is 13.2 Å². The highest BCUT2D eigenvalue weighted by Gasteiger charge is 2.22. The van der Waals surface area contributed by atoms with E-state index in [0.717, 1.165) is 5.69 Å². The van der Waals surface area contributed by atoms with Gasteiger partial charge < -0.3 is 10.1 Å². The van der Waals surface area contributed by atoms with Gasteiger partial charge in [-0.1, -0.05) is 18.2 Å². The smallest absolute Gasteiger partial charge is 0.414 e. The number of rotatable bonds is 1. The van der Waals surface area contributed by atoms with E-state index in [4.69, 9.17) is 4.74 Å². The highest BCUT2D eigenvalue weighted by atomic mass is 16.6. The van der Waals surface area contributed by atoms with Gasteiger partial charge in [-0.15, -0.1) is 0 Å². The Hall–Kier alpha value is -2.04. The molecule has 1 fully saturated rings. The fourth-order valence-electron chi connectivity index (χ4n) is 1.24. The van der Waals surface area contributed by atoms with Crippen molar-refractivity contribution in [2.45, 2.75) is 6.92 Å². The number of hydrogen-bond donors (Lipinski definition) is 1. The summed E-state index contributed by atoms with van der Waals surface area (Å²) in [6.07, 6.45) is -0.249. The van der Waals surface area contributed by atoms with E-state index in [2.05, 4.69) is 5.32 Å². The normalized spacial score (nSPS) is 13.5. The van der Waals surface area contributed by atoms with Crippen molar-refractivity contribution in [2.24, 2.45) is 0 Å². The highest BCUT2D eigenvalue weighted by molar-refractivity contribution is 5.89. The van der Waals surface area contributed by atoms with Crippen molar-refractivity contribution in [2.75, 3.05) is 25.1 Å². The van der Waals surface area contributed by atoms with Crippen LogP contribution in [0.2, 0.25) is 0 Å². The standard InChI is InChI=1S/C9H9NO2.C3H7NO/c11-9-10(6-7-12-9)8-4-2-1-3-5-8;1-3(5)4-2/h1-5H,6-7H2;1-2H3,(H,4,5). The number of benzene rings is 1. The second-order valence-corrected chi connectivity index (χ2v) is 3.41. The number of ether oxygens (including phenoxy) is 1. The lowest BCUT2D eigenvalue weighted by Gasteiger charge is -2.11. The summed E-state index contributed by atoms with van der Waals surface area (Å²) in [7, 11) is 1.60. The van der Waals surface area contributed by atoms with E-state index in [1.54, 1.807) is 11.9 Å². The molecule has 0 saturated carbocycles. The van der Waals surface area contributed by atoms with Gasteiger partial charge in [0, 0.05) is 19.7 Å². The SMILES string of the molecule is CNC(C)=O.O=C1OCCN1c1ccccc1. The van der Waals surface area contributed by atoms with Crippen LogP contribution in [0.4, 0.5) is 10.5 Å². The lowest BCUT2D eigenvalue weighted by atomic mass is 10.3. The minimum Gasteiger partial charge on any atom is -0.447 e. The quantitative estimate of drug-likeness (QED) is 0.801. The fraction of sp³-hybridized carbons (Fsp3) is 0.333. The van der Waals surface area contributed by atoms with Gasteiger partial charge in [0.15, 0.2) is 0 Å². The van der Waals surface area contributed by atoms with Crippen molar-refractivity contribution in [1.82, 2.24) is 5.32 Å². The summed E-state index contributed by atoms with van der Waals surface area (Å²) >= 11 is 0. The first-order chi connectivity index (χ1) is 8.15. The molecule has 0 atom stereocenters. The van der Waals surface area contributed by atoms with Crippen LogP contribution in [0.5, 0.6) is 0 Å². The summed E-state index contributed by atoms with van der Waals surface area (Å²) in [5.41, 5.74) is 0.903. The van der Waals surface area contributed by atoms with Crippen molar-refractivity contribution in [1.29, 1.82) is 0 Å². The van der Waals surface area contributed by atoms with Crippen LogP contribution in [0.3, 0.4) is 0 Å². The summed E-state index contributed by atoms with van der Waals surface area (Å²) in [5, 5.41) is 2.39. The Balaban J connectivity index is 0.000000249. The average molecular weight is 236 g/mol. The molecule has 1 aromatic rings. The molecule has 17 heavy (non-hydrogen) atoms. The first-order valence-corrected chi connectivity index (χ1v) is 5.33. The van der Waals surface area contributed by atoms with Crippen molar-refractivity contribution in [3.05, 3.63) is 30.3 Å². The highest BCUT2D eigenvalue weighted by Crippen LogP contribution is 2.16. The Labute approximate surface area is 100 Å². The third-order valence-corrected chi connectivity index (χ3v) is 2.18. The number of nitrogens with zero attached hydrogens (tertiary/aromatic N) is 1. The Morgan fingerprint density at radius 2 is 1.94 bits per heavy atom. The second-order valence-electron chi connectivity index (χ2n) is 3.41. The van der Waals surface area contributed by atoms with Gasteiger partial charge in [-0.25, -0.2) is 4.79 Å². The van der Waals surface area contributed by atoms with Crippen LogP contribution >= 0.6 is 0 Å². The molecule has 0 bridgehead atoms. The van der Waals surface area contributed by atoms with Gasteiger partial charge in [0.05, 0.1) is 6.54 Å². The largest absolute Gasteiger partial charge is 0.447 e. The molecule has 1 N–H and O–H groups in total. The van der Waals surface area contributed by atoms with Crippen LogP contribution in [0, 0.1) is 0 Å². The van der Waals surface area contributed by atoms with Crippen LogP contribution in [0.1, 0.15) is 6.92 Å². The summed E-state index contributed by atoms with van der Waals surface area (Å²) in [4.78, 5) is 22.4. The number of para-hydroxylation sites is 1. The van der Waals surface area contributed by atoms with Gasteiger partial charge >= 0.3 is 6.09 Å². The molecule has 0 aliphatic carbocycles. The number of anilines is 1. The molecule has 92 valence electrons. The number of cyclic esters (lactones) is 1. The maximum Gasteiger partial charge on any atom is 0.414 e. The Morgan fingerprint density at radius 3 is 2.35 bits per heavy atom. The van der Waals surface area contributed by atoms with Gasteiger partial charge in [0.25, 0.3) is 0 Å². The molecule has 1 aromatic carbocycles. The predicted octanol–water partition coefficient (Wildman–Crippen LogP) is 1.40. The molecule has 2 amide bonds. The summed E-state index contributed by atoms with van der Waals surface area (Å²) < 4.78 is 4.81. The van der Waals surface area contributed by atoms with E-state index in [1.807, 2.05) is 30.3 Å². The maximum atomic E-state index is 11.1. The molecule has 0 radical (unpaired) electrons. The zero-order chi connectivity index (χ0) is 12.7. The van der Waals surface area contributed by atoms with Crippen LogP contribution in [0.25, 0.3) is 0 Å². The third kappa shape index (κ3) is 4.14. The Kier molecular flexibility index (Phi) is 5.00.